The molecule has 1 aliphatic heterocycles. The van der Waals surface area contributed by atoms with Crippen LogP contribution in [0.5, 0.6) is 0 Å². The Morgan fingerprint density at radius 3 is 2.82 bits per heavy atom. The zero-order valence-corrected chi connectivity index (χ0v) is 16.7. The molecule has 4 rings (SSSR count). The average molecular weight is 398 g/mol. The largest absolute Gasteiger partial charge is 0.365 e. The van der Waals surface area contributed by atoms with Gasteiger partial charge in [0.05, 0.1) is 5.52 Å². The lowest BCUT2D eigenvalue weighted by Gasteiger charge is -2.41. The molecular weight excluding hydrogens is 376 g/mol. The molecule has 1 atom stereocenters. The zero-order chi connectivity index (χ0) is 19.8. The number of nitrogens with zero attached hydrogens (tertiary/aromatic N) is 3. The van der Waals surface area contributed by atoms with Gasteiger partial charge in [-0.05, 0) is 43.0 Å². The Bertz CT molecular complexity index is 1150. The third-order valence-electron chi connectivity index (χ3n) is 5.20. The first-order chi connectivity index (χ1) is 13.4. The maximum absolute atomic E-state index is 12.8. The number of carbonyl (C=O) groups excluding carboxylic acids is 1. The highest BCUT2D eigenvalue weighted by molar-refractivity contribution is 7.17. The van der Waals surface area contributed by atoms with E-state index in [9.17, 15) is 14.4 Å². The van der Waals surface area contributed by atoms with E-state index < -0.39 is 11.2 Å². The van der Waals surface area contributed by atoms with Crippen LogP contribution >= 0.6 is 11.3 Å². The molecule has 0 aliphatic carbocycles. The van der Waals surface area contributed by atoms with Crippen molar-refractivity contribution in [3.05, 3.63) is 62.1 Å². The number of hydrogen-bond acceptors (Lipinski definition) is 5. The Kier molecular flexibility index (Phi) is 4.80. The van der Waals surface area contributed by atoms with Crippen LogP contribution < -0.4 is 16.1 Å². The normalized spacial score (nSPS) is 17.3. The van der Waals surface area contributed by atoms with Crippen molar-refractivity contribution in [2.75, 3.05) is 24.5 Å². The molecule has 3 heterocycles. The average Bonchev–Trinajstić information content (AvgIpc) is 3.13. The Balaban J connectivity index is 1.50. The van der Waals surface area contributed by atoms with E-state index in [1.807, 2.05) is 6.07 Å². The van der Waals surface area contributed by atoms with Gasteiger partial charge in [0.2, 0.25) is 5.91 Å². The summed E-state index contributed by atoms with van der Waals surface area (Å²) in [6, 6.07) is 10.2. The van der Waals surface area contributed by atoms with Crippen molar-refractivity contribution in [3.63, 3.8) is 0 Å². The van der Waals surface area contributed by atoms with Gasteiger partial charge in [-0.3, -0.25) is 9.59 Å². The topological polar surface area (TPSA) is 78.4 Å². The predicted molar refractivity (Wildman–Crippen MR) is 111 cm³/mol. The summed E-state index contributed by atoms with van der Waals surface area (Å²) in [5.74, 6) is -0.209. The van der Waals surface area contributed by atoms with Crippen LogP contribution in [-0.2, 0) is 11.3 Å². The number of carbonyl (C=O) groups is 1. The van der Waals surface area contributed by atoms with Crippen molar-refractivity contribution in [1.29, 1.82) is 0 Å². The minimum Gasteiger partial charge on any atom is -0.365 e. The number of rotatable bonds is 3. The van der Waals surface area contributed by atoms with Crippen LogP contribution in [0, 0.1) is 6.92 Å². The summed E-state index contributed by atoms with van der Waals surface area (Å²) in [7, 11) is 0. The summed E-state index contributed by atoms with van der Waals surface area (Å²) in [5, 5.41) is 1.75. The highest BCUT2D eigenvalue weighted by Crippen LogP contribution is 2.21. The van der Waals surface area contributed by atoms with Gasteiger partial charge in [0.1, 0.15) is 11.2 Å². The first-order valence-electron chi connectivity index (χ1n) is 9.25. The third-order valence-corrected chi connectivity index (χ3v) is 6.10. The molecule has 0 spiro atoms. The number of thiophene rings is 1. The van der Waals surface area contributed by atoms with Gasteiger partial charge in [-0.1, -0.05) is 12.1 Å². The smallest absolute Gasteiger partial charge is 0.329 e. The molecule has 0 radical (unpaired) electrons. The molecular formula is C20H22N4O3S. The second-order valence-electron chi connectivity index (χ2n) is 7.21. The number of nitrogens with one attached hydrogen (secondary N) is 1. The van der Waals surface area contributed by atoms with Crippen LogP contribution in [0.1, 0.15) is 12.5 Å². The van der Waals surface area contributed by atoms with Gasteiger partial charge in [0.25, 0.3) is 5.56 Å². The number of aromatic nitrogens is 2. The Labute approximate surface area is 165 Å². The van der Waals surface area contributed by atoms with Gasteiger partial charge < -0.3 is 14.8 Å². The fourth-order valence-corrected chi connectivity index (χ4v) is 4.52. The Morgan fingerprint density at radius 1 is 1.25 bits per heavy atom. The molecule has 7 nitrogen and oxygen atoms in total. The SMILES string of the molecule is Cc1cccc(N2CCN(C(=O)Cn3c(=O)[nH]c4ccsc4c3=O)C[C@H]2C)c1. The highest BCUT2D eigenvalue weighted by atomic mass is 32.1. The lowest BCUT2D eigenvalue weighted by molar-refractivity contribution is -0.132. The maximum Gasteiger partial charge on any atom is 0.329 e. The van der Waals surface area contributed by atoms with Gasteiger partial charge in [0, 0.05) is 31.4 Å². The van der Waals surface area contributed by atoms with E-state index >= 15 is 0 Å². The molecule has 8 heteroatoms. The lowest BCUT2D eigenvalue weighted by atomic mass is 10.1. The van der Waals surface area contributed by atoms with Crippen LogP contribution in [0.15, 0.2) is 45.3 Å². The van der Waals surface area contributed by atoms with Crippen LogP contribution in [-0.4, -0.2) is 46.0 Å². The van der Waals surface area contributed by atoms with E-state index in [0.717, 1.165) is 10.3 Å². The molecule has 1 aliphatic rings. The Hall–Kier alpha value is -2.87. The van der Waals surface area contributed by atoms with E-state index in [-0.39, 0.29) is 18.5 Å². The minimum atomic E-state index is -0.546. The van der Waals surface area contributed by atoms with E-state index in [2.05, 4.69) is 41.9 Å². The van der Waals surface area contributed by atoms with Gasteiger partial charge >= 0.3 is 5.69 Å². The molecule has 1 aromatic carbocycles. The number of aryl methyl sites for hydroxylation is 1. The lowest BCUT2D eigenvalue weighted by Crippen LogP contribution is -2.55. The molecule has 1 fully saturated rings. The summed E-state index contributed by atoms with van der Waals surface area (Å²) < 4.78 is 1.46. The quantitative estimate of drug-likeness (QED) is 0.730. The van der Waals surface area contributed by atoms with Crippen LogP contribution in [0.25, 0.3) is 10.2 Å². The molecule has 0 unspecified atom stereocenters. The zero-order valence-electron chi connectivity index (χ0n) is 15.8. The molecule has 1 saturated heterocycles. The number of aromatic amines is 1. The molecule has 0 bridgehead atoms. The van der Waals surface area contributed by atoms with Crippen molar-refractivity contribution < 1.29 is 4.79 Å². The minimum absolute atomic E-state index is 0.147. The van der Waals surface area contributed by atoms with E-state index in [1.165, 1.54) is 16.9 Å². The molecule has 1 N–H and O–H groups in total. The number of piperazine rings is 1. The van der Waals surface area contributed by atoms with E-state index in [4.69, 9.17) is 0 Å². The van der Waals surface area contributed by atoms with Gasteiger partial charge in [-0.15, -0.1) is 11.3 Å². The maximum atomic E-state index is 12.8. The summed E-state index contributed by atoms with van der Waals surface area (Å²) in [6.07, 6.45) is 0. The van der Waals surface area contributed by atoms with Crippen molar-refractivity contribution >= 4 is 33.1 Å². The standard InChI is InChI=1S/C20H22N4O3S/c1-13-4-3-5-15(10-13)23-8-7-22(11-14(23)2)17(25)12-24-19(26)18-16(6-9-28-18)21-20(24)27/h3-6,9-10,14H,7-8,11-12H2,1-2H3,(H,21,27)/t14-/m1/s1. The first-order valence-corrected chi connectivity index (χ1v) is 10.1. The van der Waals surface area contributed by atoms with Crippen LogP contribution in [0.2, 0.25) is 0 Å². The monoisotopic (exact) mass is 398 g/mol. The van der Waals surface area contributed by atoms with E-state index in [1.54, 1.807) is 16.3 Å². The van der Waals surface area contributed by atoms with Crippen molar-refractivity contribution in [3.8, 4) is 0 Å². The van der Waals surface area contributed by atoms with Gasteiger partial charge in [-0.25, -0.2) is 9.36 Å². The summed E-state index contributed by atoms with van der Waals surface area (Å²) >= 11 is 1.26. The number of hydrogen-bond donors (Lipinski definition) is 1. The van der Waals surface area contributed by atoms with Crippen molar-refractivity contribution in [2.45, 2.75) is 26.4 Å². The van der Waals surface area contributed by atoms with Crippen molar-refractivity contribution in [1.82, 2.24) is 14.5 Å². The first kappa shape index (κ1) is 18.5. The summed E-state index contributed by atoms with van der Waals surface area (Å²) in [6.45, 7) is 5.74. The predicted octanol–water partition coefficient (Wildman–Crippen LogP) is 1.80. The molecule has 0 saturated carbocycles. The second kappa shape index (κ2) is 7.27. The molecule has 3 aromatic rings. The summed E-state index contributed by atoms with van der Waals surface area (Å²) in [4.78, 5) is 44.3. The summed E-state index contributed by atoms with van der Waals surface area (Å²) in [5.41, 5.74) is 1.91. The fourth-order valence-electron chi connectivity index (χ4n) is 3.72. The number of H-pyrrole nitrogens is 1. The number of benzene rings is 1. The van der Waals surface area contributed by atoms with Crippen LogP contribution in [0.4, 0.5) is 5.69 Å². The van der Waals surface area contributed by atoms with Crippen LogP contribution in [0.3, 0.4) is 0 Å². The molecule has 28 heavy (non-hydrogen) atoms. The van der Waals surface area contributed by atoms with Crippen molar-refractivity contribution in [2.24, 2.45) is 0 Å². The number of anilines is 1. The van der Waals surface area contributed by atoms with Gasteiger partial charge in [-0.2, -0.15) is 0 Å². The van der Waals surface area contributed by atoms with E-state index in [0.29, 0.717) is 29.9 Å². The molecule has 1 amide bonds. The molecule has 2 aromatic heterocycles. The number of amides is 1. The number of fused-ring (bicyclic) bond motifs is 1. The Morgan fingerprint density at radius 2 is 2.07 bits per heavy atom. The molecule has 146 valence electrons. The van der Waals surface area contributed by atoms with Gasteiger partial charge in [0.15, 0.2) is 0 Å². The fraction of sp³-hybridized carbons (Fsp3) is 0.350. The third kappa shape index (κ3) is 3.35. The highest BCUT2D eigenvalue weighted by Gasteiger charge is 2.27. The second-order valence-corrected chi connectivity index (χ2v) is 8.12.